The second kappa shape index (κ2) is 6.06. The van der Waals surface area contributed by atoms with E-state index in [2.05, 4.69) is 5.32 Å². The Hall–Kier alpha value is -1.55. The summed E-state index contributed by atoms with van der Waals surface area (Å²) >= 11 is 0. The van der Waals surface area contributed by atoms with Crippen LogP contribution in [0.4, 0.5) is 5.69 Å². The van der Waals surface area contributed by atoms with E-state index in [1.807, 2.05) is 37.1 Å². The summed E-state index contributed by atoms with van der Waals surface area (Å²) in [6, 6.07) is 5.76. The van der Waals surface area contributed by atoms with Crippen LogP contribution in [0, 0.1) is 6.92 Å². The summed E-state index contributed by atoms with van der Waals surface area (Å²) in [5.74, 6) is 0.0168. The molecule has 1 saturated heterocycles. The number of aliphatic hydroxyl groups is 1. The first-order chi connectivity index (χ1) is 9.17. The van der Waals surface area contributed by atoms with Gasteiger partial charge in [0.15, 0.2) is 0 Å². The molecule has 2 rings (SSSR count). The lowest BCUT2D eigenvalue weighted by Gasteiger charge is -2.35. The van der Waals surface area contributed by atoms with E-state index in [0.717, 1.165) is 37.1 Å². The highest BCUT2D eigenvalue weighted by molar-refractivity contribution is 6.00. The molecule has 1 amide bonds. The third-order valence-electron chi connectivity index (χ3n) is 3.77. The molecule has 1 aliphatic rings. The van der Waals surface area contributed by atoms with Crippen molar-refractivity contribution in [1.29, 1.82) is 0 Å². The van der Waals surface area contributed by atoms with Crippen LogP contribution < -0.4 is 5.32 Å². The summed E-state index contributed by atoms with van der Waals surface area (Å²) < 4.78 is 0. The zero-order valence-electron chi connectivity index (χ0n) is 11.6. The van der Waals surface area contributed by atoms with Crippen molar-refractivity contribution in [2.75, 3.05) is 25.5 Å². The maximum absolute atomic E-state index is 12.6. The molecular formula is C15H22N2O2. The number of carbonyl (C=O) groups excluding carboxylic acids is 1. The SMILES string of the molecule is CNc1cc(C)ccc1C(=O)N1CCCCC1CO. The Morgan fingerprint density at radius 2 is 2.26 bits per heavy atom. The van der Waals surface area contributed by atoms with E-state index >= 15 is 0 Å². The quantitative estimate of drug-likeness (QED) is 0.876. The number of anilines is 1. The van der Waals surface area contributed by atoms with Gasteiger partial charge in [-0.2, -0.15) is 0 Å². The molecular weight excluding hydrogens is 240 g/mol. The molecule has 1 atom stereocenters. The van der Waals surface area contributed by atoms with Gasteiger partial charge in [-0.3, -0.25) is 4.79 Å². The highest BCUT2D eigenvalue weighted by Crippen LogP contribution is 2.24. The molecule has 19 heavy (non-hydrogen) atoms. The summed E-state index contributed by atoms with van der Waals surface area (Å²) in [7, 11) is 1.82. The van der Waals surface area contributed by atoms with Gasteiger partial charge < -0.3 is 15.3 Å². The highest BCUT2D eigenvalue weighted by Gasteiger charge is 2.27. The lowest BCUT2D eigenvalue weighted by Crippen LogP contribution is -2.45. The molecule has 0 aliphatic carbocycles. The number of hydrogen-bond donors (Lipinski definition) is 2. The van der Waals surface area contributed by atoms with Crippen molar-refractivity contribution in [2.24, 2.45) is 0 Å². The van der Waals surface area contributed by atoms with Gasteiger partial charge in [0.2, 0.25) is 0 Å². The fraction of sp³-hybridized carbons (Fsp3) is 0.533. The van der Waals surface area contributed by atoms with Crippen LogP contribution in [0.3, 0.4) is 0 Å². The molecule has 4 heteroatoms. The summed E-state index contributed by atoms with van der Waals surface area (Å²) in [5, 5.41) is 12.5. The molecule has 0 spiro atoms. The third kappa shape index (κ3) is 2.89. The number of benzene rings is 1. The van der Waals surface area contributed by atoms with Crippen LogP contribution in [-0.2, 0) is 0 Å². The first-order valence-corrected chi connectivity index (χ1v) is 6.87. The van der Waals surface area contributed by atoms with Crippen molar-refractivity contribution < 1.29 is 9.90 Å². The second-order valence-electron chi connectivity index (χ2n) is 5.13. The van der Waals surface area contributed by atoms with Gasteiger partial charge >= 0.3 is 0 Å². The molecule has 1 aliphatic heterocycles. The number of likely N-dealkylation sites (tertiary alicyclic amines) is 1. The second-order valence-corrected chi connectivity index (χ2v) is 5.13. The number of piperidine rings is 1. The Morgan fingerprint density at radius 3 is 2.95 bits per heavy atom. The minimum absolute atomic E-state index is 0.0168. The topological polar surface area (TPSA) is 52.6 Å². The molecule has 1 heterocycles. The van der Waals surface area contributed by atoms with Gasteiger partial charge in [0.05, 0.1) is 18.2 Å². The average Bonchev–Trinajstić information content (AvgIpc) is 2.46. The number of nitrogens with zero attached hydrogens (tertiary/aromatic N) is 1. The lowest BCUT2D eigenvalue weighted by atomic mass is 10.0. The first-order valence-electron chi connectivity index (χ1n) is 6.87. The number of carbonyl (C=O) groups is 1. The summed E-state index contributed by atoms with van der Waals surface area (Å²) in [5.41, 5.74) is 2.67. The van der Waals surface area contributed by atoms with Crippen LogP contribution in [0.2, 0.25) is 0 Å². The van der Waals surface area contributed by atoms with E-state index in [1.54, 1.807) is 0 Å². The van der Waals surface area contributed by atoms with Gasteiger partial charge in [-0.05, 0) is 43.9 Å². The first kappa shape index (κ1) is 13.9. The molecule has 0 bridgehead atoms. The number of amides is 1. The van der Waals surface area contributed by atoms with Crippen LogP contribution >= 0.6 is 0 Å². The van der Waals surface area contributed by atoms with Gasteiger partial charge in [-0.25, -0.2) is 0 Å². The number of hydrogen-bond acceptors (Lipinski definition) is 3. The summed E-state index contributed by atoms with van der Waals surface area (Å²) in [6.07, 6.45) is 2.99. The van der Waals surface area contributed by atoms with Crippen LogP contribution in [-0.4, -0.2) is 42.2 Å². The van der Waals surface area contributed by atoms with Crippen molar-refractivity contribution in [3.8, 4) is 0 Å². The third-order valence-corrected chi connectivity index (χ3v) is 3.77. The number of nitrogens with one attached hydrogen (secondary N) is 1. The lowest BCUT2D eigenvalue weighted by molar-refractivity contribution is 0.0504. The fourth-order valence-electron chi connectivity index (χ4n) is 2.66. The summed E-state index contributed by atoms with van der Waals surface area (Å²) in [6.45, 7) is 2.79. The van der Waals surface area contributed by atoms with E-state index < -0.39 is 0 Å². The van der Waals surface area contributed by atoms with Crippen LogP contribution in [0.1, 0.15) is 35.2 Å². The van der Waals surface area contributed by atoms with E-state index in [0.29, 0.717) is 5.56 Å². The van der Waals surface area contributed by atoms with Crippen LogP contribution in [0.25, 0.3) is 0 Å². The number of aliphatic hydroxyl groups excluding tert-OH is 1. The molecule has 104 valence electrons. The molecule has 0 radical (unpaired) electrons. The van der Waals surface area contributed by atoms with E-state index in [-0.39, 0.29) is 18.6 Å². The zero-order valence-corrected chi connectivity index (χ0v) is 11.6. The van der Waals surface area contributed by atoms with Crippen molar-refractivity contribution in [2.45, 2.75) is 32.2 Å². The Kier molecular flexibility index (Phi) is 4.43. The standard InChI is InChI=1S/C15H22N2O2/c1-11-6-7-13(14(9-11)16-2)15(19)17-8-4-3-5-12(17)10-18/h6-7,9,12,16,18H,3-5,8,10H2,1-2H3. The molecule has 0 saturated carbocycles. The molecule has 1 fully saturated rings. The predicted octanol–water partition coefficient (Wildman–Crippen LogP) is 2.02. The highest BCUT2D eigenvalue weighted by atomic mass is 16.3. The van der Waals surface area contributed by atoms with Crippen LogP contribution in [0.15, 0.2) is 18.2 Å². The van der Waals surface area contributed by atoms with E-state index in [4.69, 9.17) is 0 Å². The Balaban J connectivity index is 2.27. The van der Waals surface area contributed by atoms with Gasteiger partial charge in [-0.1, -0.05) is 6.07 Å². The zero-order chi connectivity index (χ0) is 13.8. The normalized spacial score (nSPS) is 19.3. The Labute approximate surface area is 114 Å². The van der Waals surface area contributed by atoms with E-state index in [1.165, 1.54) is 0 Å². The molecule has 1 unspecified atom stereocenters. The fourth-order valence-corrected chi connectivity index (χ4v) is 2.66. The van der Waals surface area contributed by atoms with Crippen LogP contribution in [0.5, 0.6) is 0 Å². The molecule has 1 aromatic rings. The largest absolute Gasteiger partial charge is 0.394 e. The minimum Gasteiger partial charge on any atom is -0.394 e. The molecule has 0 aromatic heterocycles. The van der Waals surface area contributed by atoms with Crippen molar-refractivity contribution >= 4 is 11.6 Å². The van der Waals surface area contributed by atoms with Crippen molar-refractivity contribution in [1.82, 2.24) is 4.90 Å². The van der Waals surface area contributed by atoms with Gasteiger partial charge in [0.1, 0.15) is 0 Å². The smallest absolute Gasteiger partial charge is 0.256 e. The monoisotopic (exact) mass is 262 g/mol. The predicted molar refractivity (Wildman–Crippen MR) is 76.5 cm³/mol. The molecule has 1 aromatic carbocycles. The maximum Gasteiger partial charge on any atom is 0.256 e. The van der Waals surface area contributed by atoms with Gasteiger partial charge in [-0.15, -0.1) is 0 Å². The Bertz CT molecular complexity index is 459. The molecule has 4 nitrogen and oxygen atoms in total. The van der Waals surface area contributed by atoms with Crippen molar-refractivity contribution in [3.63, 3.8) is 0 Å². The average molecular weight is 262 g/mol. The van der Waals surface area contributed by atoms with Gasteiger partial charge in [0, 0.05) is 19.3 Å². The summed E-state index contributed by atoms with van der Waals surface area (Å²) in [4.78, 5) is 14.4. The number of rotatable bonds is 3. The number of aryl methyl sites for hydroxylation is 1. The maximum atomic E-state index is 12.6. The molecule has 2 N–H and O–H groups in total. The minimum atomic E-state index is -0.0349. The Morgan fingerprint density at radius 1 is 1.47 bits per heavy atom. The van der Waals surface area contributed by atoms with Gasteiger partial charge in [0.25, 0.3) is 5.91 Å². The van der Waals surface area contributed by atoms with E-state index in [9.17, 15) is 9.90 Å². The van der Waals surface area contributed by atoms with Crippen molar-refractivity contribution in [3.05, 3.63) is 29.3 Å².